The molecule has 0 saturated heterocycles. The molecule has 0 fully saturated rings. The molecule has 0 spiro atoms. The number of fused-ring (bicyclic) bond motifs is 1. The van der Waals surface area contributed by atoms with Gasteiger partial charge in [-0.05, 0) is 24.3 Å². The zero-order chi connectivity index (χ0) is 22.1. The van der Waals surface area contributed by atoms with Crippen LogP contribution in [0.4, 0.5) is 13.2 Å². The van der Waals surface area contributed by atoms with Gasteiger partial charge in [0.2, 0.25) is 0 Å². The van der Waals surface area contributed by atoms with Crippen molar-refractivity contribution in [3.63, 3.8) is 0 Å². The van der Waals surface area contributed by atoms with Crippen LogP contribution in [0.1, 0.15) is 12.0 Å². The van der Waals surface area contributed by atoms with Crippen LogP contribution in [0.25, 0.3) is 22.3 Å². The smallest absolute Gasteiger partial charge is 0.416 e. The lowest BCUT2D eigenvalue weighted by Crippen LogP contribution is -2.09. The van der Waals surface area contributed by atoms with Gasteiger partial charge in [-0.2, -0.15) is 13.2 Å². The molecule has 30 heavy (non-hydrogen) atoms. The Hall–Kier alpha value is -3.20. The maximum absolute atomic E-state index is 13.1. The lowest BCUT2D eigenvalue weighted by atomic mass is 10.1. The fraction of sp³-hybridized carbons (Fsp3) is 0.200. The number of aliphatic carboxylic acids is 1. The Bertz CT molecular complexity index is 1170. The van der Waals surface area contributed by atoms with E-state index in [1.54, 1.807) is 0 Å². The summed E-state index contributed by atoms with van der Waals surface area (Å²) in [6.45, 7) is -0.376. The van der Waals surface area contributed by atoms with Crippen molar-refractivity contribution < 1.29 is 37.0 Å². The van der Waals surface area contributed by atoms with Gasteiger partial charge in [0.25, 0.3) is 0 Å². The second-order valence-corrected chi connectivity index (χ2v) is 6.57. The number of carboxylic acids is 1. The molecule has 0 atom stereocenters. The van der Waals surface area contributed by atoms with Gasteiger partial charge in [-0.1, -0.05) is 11.6 Å². The molecule has 0 aliphatic heterocycles. The van der Waals surface area contributed by atoms with E-state index in [9.17, 15) is 22.8 Å². The first-order chi connectivity index (χ1) is 14.1. The van der Waals surface area contributed by atoms with Crippen LogP contribution in [0.15, 0.2) is 45.6 Å². The Morgan fingerprint density at radius 1 is 1.20 bits per heavy atom. The molecule has 6 nitrogen and oxygen atoms in total. The average molecular weight is 443 g/mol. The molecule has 2 aromatic carbocycles. The highest BCUT2D eigenvalue weighted by atomic mass is 35.5. The average Bonchev–Trinajstić information content (AvgIpc) is 2.67. The Labute approximate surface area is 172 Å². The van der Waals surface area contributed by atoms with Crippen molar-refractivity contribution in [2.24, 2.45) is 0 Å². The Kier molecular flexibility index (Phi) is 5.93. The molecular formula is C20H14ClF3O6. The molecule has 1 heterocycles. The molecule has 3 rings (SSSR count). The lowest BCUT2D eigenvalue weighted by molar-refractivity contribution is -0.139. The van der Waals surface area contributed by atoms with Crippen LogP contribution in [0, 0.1) is 0 Å². The van der Waals surface area contributed by atoms with Crippen molar-refractivity contribution >= 4 is 28.5 Å². The summed E-state index contributed by atoms with van der Waals surface area (Å²) >= 11 is 6.16. The summed E-state index contributed by atoms with van der Waals surface area (Å²) in [6, 6.07) is 6.54. The number of carboxylic acid groups (broad SMARTS) is 1. The molecule has 0 unspecified atom stereocenters. The Morgan fingerprint density at radius 2 is 1.93 bits per heavy atom. The van der Waals surface area contributed by atoms with Crippen LogP contribution in [0.2, 0.25) is 5.02 Å². The highest BCUT2D eigenvalue weighted by molar-refractivity contribution is 6.35. The lowest BCUT2D eigenvalue weighted by Gasteiger charge is -2.14. The van der Waals surface area contributed by atoms with Crippen LogP contribution < -0.4 is 14.9 Å². The fourth-order valence-corrected chi connectivity index (χ4v) is 2.96. The molecule has 3 aromatic rings. The standard InChI is InChI=1S/C20H14ClF3O6/c1-28-11-7-13-15(25)9-17(30-19(13)14(21)8-11)12-3-2-10(20(22,23)24)6-16(12)29-5-4-18(26)27/h2-3,6-9H,4-5H2,1H3,(H,26,27). The van der Waals surface area contributed by atoms with E-state index in [-0.39, 0.29) is 39.7 Å². The van der Waals surface area contributed by atoms with Crippen LogP contribution >= 0.6 is 11.6 Å². The zero-order valence-electron chi connectivity index (χ0n) is 15.4. The van der Waals surface area contributed by atoms with Crippen molar-refractivity contribution in [1.82, 2.24) is 0 Å². The third kappa shape index (κ3) is 4.51. The van der Waals surface area contributed by atoms with Crippen LogP contribution in [0.3, 0.4) is 0 Å². The van der Waals surface area contributed by atoms with Crippen molar-refractivity contribution in [2.75, 3.05) is 13.7 Å². The second-order valence-electron chi connectivity index (χ2n) is 6.16. The van der Waals surface area contributed by atoms with Gasteiger partial charge in [0, 0.05) is 12.1 Å². The summed E-state index contributed by atoms with van der Waals surface area (Å²) in [6.07, 6.45) is -5.07. The van der Waals surface area contributed by atoms with Crippen molar-refractivity contribution in [3.05, 3.63) is 57.2 Å². The zero-order valence-corrected chi connectivity index (χ0v) is 16.1. The van der Waals surface area contributed by atoms with E-state index < -0.39 is 29.6 Å². The van der Waals surface area contributed by atoms with Gasteiger partial charge in [-0.15, -0.1) is 0 Å². The molecule has 0 saturated carbocycles. The molecular weight excluding hydrogens is 429 g/mol. The summed E-state index contributed by atoms with van der Waals surface area (Å²) < 4.78 is 55.3. The molecule has 10 heteroatoms. The van der Waals surface area contributed by atoms with Crippen LogP contribution in [0.5, 0.6) is 11.5 Å². The Balaban J connectivity index is 2.15. The minimum atomic E-state index is -4.65. The van der Waals surface area contributed by atoms with Gasteiger partial charge in [0.05, 0.1) is 41.7 Å². The summed E-state index contributed by atoms with van der Waals surface area (Å²) in [4.78, 5) is 23.3. The molecule has 0 bridgehead atoms. The number of carbonyl (C=O) groups is 1. The normalized spacial score (nSPS) is 11.5. The third-order valence-electron chi connectivity index (χ3n) is 4.14. The molecule has 0 aliphatic rings. The van der Waals surface area contributed by atoms with Crippen molar-refractivity contribution in [2.45, 2.75) is 12.6 Å². The van der Waals surface area contributed by atoms with E-state index in [1.165, 1.54) is 19.2 Å². The first-order valence-corrected chi connectivity index (χ1v) is 8.85. The maximum atomic E-state index is 13.1. The number of hydrogen-bond donors (Lipinski definition) is 1. The quantitative estimate of drug-likeness (QED) is 0.578. The summed E-state index contributed by atoms with van der Waals surface area (Å²) in [5.41, 5.74) is -1.43. The number of halogens is 4. The third-order valence-corrected chi connectivity index (χ3v) is 4.42. The van der Waals surface area contributed by atoms with Crippen molar-refractivity contribution in [3.8, 4) is 22.8 Å². The van der Waals surface area contributed by atoms with Gasteiger partial charge in [-0.25, -0.2) is 0 Å². The highest BCUT2D eigenvalue weighted by Gasteiger charge is 2.31. The first-order valence-electron chi connectivity index (χ1n) is 8.47. The van der Waals surface area contributed by atoms with E-state index in [1.807, 2.05) is 0 Å². The maximum Gasteiger partial charge on any atom is 0.416 e. The van der Waals surface area contributed by atoms with Crippen molar-refractivity contribution in [1.29, 1.82) is 0 Å². The summed E-state index contributed by atoms with van der Waals surface area (Å²) in [5, 5.41) is 8.95. The summed E-state index contributed by atoms with van der Waals surface area (Å²) in [7, 11) is 1.40. The number of rotatable bonds is 6. The predicted octanol–water partition coefficient (Wildman–Crippen LogP) is 4.99. The van der Waals surface area contributed by atoms with E-state index in [0.29, 0.717) is 5.75 Å². The van der Waals surface area contributed by atoms with E-state index in [4.69, 9.17) is 30.6 Å². The number of benzene rings is 2. The molecule has 158 valence electrons. The summed E-state index contributed by atoms with van der Waals surface area (Å²) in [5.74, 6) is -1.21. The highest BCUT2D eigenvalue weighted by Crippen LogP contribution is 2.38. The molecule has 0 radical (unpaired) electrons. The largest absolute Gasteiger partial charge is 0.497 e. The van der Waals surface area contributed by atoms with Crippen LogP contribution in [-0.2, 0) is 11.0 Å². The van der Waals surface area contributed by atoms with Gasteiger partial charge in [-0.3, -0.25) is 9.59 Å². The second kappa shape index (κ2) is 8.27. The number of ether oxygens (including phenoxy) is 2. The van der Waals surface area contributed by atoms with Gasteiger partial charge in [0.1, 0.15) is 17.3 Å². The van der Waals surface area contributed by atoms with Gasteiger partial charge >= 0.3 is 12.1 Å². The minimum absolute atomic E-state index is 0.0244. The molecule has 0 amide bonds. The topological polar surface area (TPSA) is 86.0 Å². The minimum Gasteiger partial charge on any atom is -0.497 e. The van der Waals surface area contributed by atoms with Gasteiger partial charge in [0.15, 0.2) is 11.0 Å². The van der Waals surface area contributed by atoms with Crippen LogP contribution in [-0.4, -0.2) is 24.8 Å². The molecule has 1 aromatic heterocycles. The van der Waals surface area contributed by atoms with Gasteiger partial charge < -0.3 is 19.0 Å². The number of methoxy groups -OCH3 is 1. The molecule has 1 N–H and O–H groups in total. The monoisotopic (exact) mass is 442 g/mol. The SMILES string of the molecule is COc1cc(Cl)c2oc(-c3ccc(C(F)(F)F)cc3OCCC(=O)O)cc(=O)c2c1. The van der Waals surface area contributed by atoms with E-state index in [2.05, 4.69) is 0 Å². The van der Waals surface area contributed by atoms with E-state index >= 15 is 0 Å². The predicted molar refractivity (Wildman–Crippen MR) is 102 cm³/mol. The number of alkyl halides is 3. The van der Waals surface area contributed by atoms with E-state index in [0.717, 1.165) is 24.3 Å². The fourth-order valence-electron chi connectivity index (χ4n) is 2.71. The molecule has 0 aliphatic carbocycles. The first kappa shape index (κ1) is 21.5. The Morgan fingerprint density at radius 3 is 2.57 bits per heavy atom. The number of hydrogen-bond acceptors (Lipinski definition) is 5.